The van der Waals surface area contributed by atoms with Crippen LogP contribution in [0, 0.1) is 11.6 Å². The maximum Gasteiger partial charge on any atom is 0.338 e. The van der Waals surface area contributed by atoms with Crippen molar-refractivity contribution in [3.63, 3.8) is 0 Å². The first-order chi connectivity index (χ1) is 17.3. The van der Waals surface area contributed by atoms with Crippen molar-refractivity contribution in [2.24, 2.45) is 0 Å². The van der Waals surface area contributed by atoms with Gasteiger partial charge in [-0.1, -0.05) is 35.9 Å². The Kier molecular flexibility index (Phi) is 7.85. The molecule has 0 spiro atoms. The van der Waals surface area contributed by atoms with Crippen molar-refractivity contribution in [1.29, 1.82) is 0 Å². The Morgan fingerprint density at radius 3 is 2.44 bits per heavy atom. The van der Waals surface area contributed by atoms with Crippen molar-refractivity contribution in [3.05, 3.63) is 111 Å². The fourth-order valence-corrected chi connectivity index (χ4v) is 4.22. The average molecular weight is 513 g/mol. The summed E-state index contributed by atoms with van der Waals surface area (Å²) in [7, 11) is 1.51. The Balaban J connectivity index is 1.67. The van der Waals surface area contributed by atoms with E-state index in [1.807, 2.05) is 12.1 Å². The van der Waals surface area contributed by atoms with E-state index in [1.54, 1.807) is 36.4 Å². The van der Waals surface area contributed by atoms with Gasteiger partial charge in [0.25, 0.3) is 0 Å². The van der Waals surface area contributed by atoms with Gasteiger partial charge >= 0.3 is 12.0 Å². The number of benzene rings is 3. The standard InChI is InChI=1S/C27H23ClF2N2O4/c1-35-22-7-3-5-18(13-22)25-24(26(33)36-15-17-11-20(29)14-21(30)12-17)23(31-27(34)32-25)9-8-16-4-2-6-19(28)10-16/h2-7,10-14,25H,8-9,15H2,1H3,(H2,31,32,34). The zero-order chi connectivity index (χ0) is 25.7. The number of urea groups is 1. The van der Waals surface area contributed by atoms with Gasteiger partial charge in [0.15, 0.2) is 0 Å². The molecule has 0 radical (unpaired) electrons. The molecule has 2 amide bonds. The molecule has 3 aromatic carbocycles. The molecule has 1 aliphatic rings. The quantitative estimate of drug-likeness (QED) is 0.385. The molecule has 0 fully saturated rings. The zero-order valence-electron chi connectivity index (χ0n) is 19.3. The minimum atomic E-state index is -0.833. The number of hydrogen-bond donors (Lipinski definition) is 2. The van der Waals surface area contributed by atoms with E-state index >= 15 is 0 Å². The monoisotopic (exact) mass is 512 g/mol. The number of nitrogens with one attached hydrogen (secondary N) is 2. The van der Waals surface area contributed by atoms with Crippen LogP contribution >= 0.6 is 11.6 Å². The Bertz CT molecular complexity index is 1310. The Morgan fingerprint density at radius 1 is 0.972 bits per heavy atom. The van der Waals surface area contributed by atoms with E-state index in [4.69, 9.17) is 21.1 Å². The predicted octanol–water partition coefficient (Wildman–Crippen LogP) is 5.61. The highest BCUT2D eigenvalue weighted by Crippen LogP contribution is 2.31. The van der Waals surface area contributed by atoms with Gasteiger partial charge in [-0.15, -0.1) is 0 Å². The van der Waals surface area contributed by atoms with Crippen LogP contribution in [0.1, 0.15) is 29.2 Å². The summed E-state index contributed by atoms with van der Waals surface area (Å²) in [5.74, 6) is -1.74. The number of hydrogen-bond acceptors (Lipinski definition) is 4. The highest BCUT2D eigenvalue weighted by atomic mass is 35.5. The lowest BCUT2D eigenvalue weighted by atomic mass is 9.93. The first-order valence-electron chi connectivity index (χ1n) is 11.1. The van der Waals surface area contributed by atoms with Gasteiger partial charge in [-0.3, -0.25) is 0 Å². The molecule has 3 aromatic rings. The summed E-state index contributed by atoms with van der Waals surface area (Å²) >= 11 is 6.09. The smallest absolute Gasteiger partial charge is 0.338 e. The molecular weight excluding hydrogens is 490 g/mol. The second-order valence-corrected chi connectivity index (χ2v) is 8.62. The lowest BCUT2D eigenvalue weighted by molar-refractivity contribution is -0.140. The molecule has 9 heteroatoms. The normalized spacial score (nSPS) is 15.2. The number of rotatable bonds is 8. The van der Waals surface area contributed by atoms with Gasteiger partial charge in [-0.2, -0.15) is 0 Å². The third-order valence-electron chi connectivity index (χ3n) is 5.65. The number of allylic oxidation sites excluding steroid dienone is 1. The predicted molar refractivity (Wildman–Crippen MR) is 130 cm³/mol. The highest BCUT2D eigenvalue weighted by Gasteiger charge is 2.34. The Labute approximate surface area is 211 Å². The SMILES string of the molecule is COc1cccc(C2NC(=O)NC(CCc3cccc(Cl)c3)=C2C(=O)OCc2cc(F)cc(F)c2)c1. The van der Waals surface area contributed by atoms with Gasteiger partial charge in [0.2, 0.25) is 0 Å². The van der Waals surface area contributed by atoms with Crippen LogP contribution in [0.5, 0.6) is 5.75 Å². The Hall–Kier alpha value is -3.91. The topological polar surface area (TPSA) is 76.7 Å². The molecule has 36 heavy (non-hydrogen) atoms. The van der Waals surface area contributed by atoms with Crippen LogP contribution in [-0.2, 0) is 22.6 Å². The number of ether oxygens (including phenoxy) is 2. The summed E-state index contributed by atoms with van der Waals surface area (Å²) in [4.78, 5) is 25.9. The van der Waals surface area contributed by atoms with E-state index in [1.165, 1.54) is 7.11 Å². The van der Waals surface area contributed by atoms with Crippen molar-refractivity contribution in [3.8, 4) is 5.75 Å². The second-order valence-electron chi connectivity index (χ2n) is 8.18. The van der Waals surface area contributed by atoms with Crippen molar-refractivity contribution in [1.82, 2.24) is 10.6 Å². The van der Waals surface area contributed by atoms with Crippen LogP contribution in [-0.4, -0.2) is 19.1 Å². The summed E-state index contributed by atoms with van der Waals surface area (Å²) < 4.78 is 37.9. The number of carbonyl (C=O) groups is 2. The van der Waals surface area contributed by atoms with Gasteiger partial charge in [-0.25, -0.2) is 18.4 Å². The number of carbonyl (C=O) groups excluding carboxylic acids is 2. The van der Waals surface area contributed by atoms with Crippen molar-refractivity contribution < 1.29 is 27.8 Å². The lowest BCUT2D eigenvalue weighted by Crippen LogP contribution is -2.46. The van der Waals surface area contributed by atoms with E-state index in [-0.39, 0.29) is 17.7 Å². The molecule has 186 valence electrons. The molecule has 1 aliphatic heterocycles. The zero-order valence-corrected chi connectivity index (χ0v) is 20.1. The maximum absolute atomic E-state index is 13.6. The van der Waals surface area contributed by atoms with E-state index in [0.29, 0.717) is 34.9 Å². The van der Waals surface area contributed by atoms with Crippen LogP contribution in [0.4, 0.5) is 13.6 Å². The summed E-state index contributed by atoms with van der Waals surface area (Å²) in [6.45, 7) is -0.350. The van der Waals surface area contributed by atoms with Gasteiger partial charge in [0.1, 0.15) is 24.0 Å². The van der Waals surface area contributed by atoms with Gasteiger partial charge in [0, 0.05) is 16.8 Å². The minimum Gasteiger partial charge on any atom is -0.497 e. The van der Waals surface area contributed by atoms with E-state index < -0.39 is 29.7 Å². The van der Waals surface area contributed by atoms with Crippen LogP contribution in [0.15, 0.2) is 78.0 Å². The molecule has 1 heterocycles. The number of methoxy groups -OCH3 is 1. The number of amides is 2. The third-order valence-corrected chi connectivity index (χ3v) is 5.88. The van der Waals surface area contributed by atoms with Gasteiger partial charge in [-0.05, 0) is 65.9 Å². The summed E-state index contributed by atoms with van der Waals surface area (Å²) in [6.07, 6.45) is 0.806. The largest absolute Gasteiger partial charge is 0.497 e. The van der Waals surface area contributed by atoms with E-state index in [9.17, 15) is 18.4 Å². The fraction of sp³-hybridized carbons (Fsp3) is 0.185. The molecule has 0 saturated carbocycles. The molecule has 0 bridgehead atoms. The number of halogens is 3. The second kappa shape index (κ2) is 11.2. The van der Waals surface area contributed by atoms with Crippen molar-refractivity contribution in [2.45, 2.75) is 25.5 Å². The average Bonchev–Trinajstić information content (AvgIpc) is 2.85. The summed E-state index contributed by atoms with van der Waals surface area (Å²) in [6, 6.07) is 15.8. The Morgan fingerprint density at radius 2 is 1.72 bits per heavy atom. The lowest BCUT2D eigenvalue weighted by Gasteiger charge is -2.29. The van der Waals surface area contributed by atoms with E-state index in [2.05, 4.69) is 10.6 Å². The molecule has 0 saturated heterocycles. The molecule has 4 rings (SSSR count). The van der Waals surface area contributed by atoms with Gasteiger partial charge in [0.05, 0.1) is 18.7 Å². The highest BCUT2D eigenvalue weighted by molar-refractivity contribution is 6.30. The van der Waals surface area contributed by atoms with Crippen LogP contribution in [0.25, 0.3) is 0 Å². The van der Waals surface area contributed by atoms with Crippen LogP contribution in [0.3, 0.4) is 0 Å². The molecule has 0 aliphatic carbocycles. The third kappa shape index (κ3) is 6.20. The molecule has 6 nitrogen and oxygen atoms in total. The first kappa shape index (κ1) is 25.2. The van der Waals surface area contributed by atoms with Gasteiger partial charge < -0.3 is 20.1 Å². The molecule has 1 atom stereocenters. The summed E-state index contributed by atoms with van der Waals surface area (Å²) in [5, 5.41) is 6.06. The van der Waals surface area contributed by atoms with Crippen LogP contribution < -0.4 is 15.4 Å². The molecular formula is C27H23ClF2N2O4. The maximum atomic E-state index is 13.6. The number of aryl methyl sites for hydroxylation is 1. The fourth-order valence-electron chi connectivity index (χ4n) is 4.01. The van der Waals surface area contributed by atoms with E-state index in [0.717, 1.165) is 23.8 Å². The van der Waals surface area contributed by atoms with Crippen molar-refractivity contribution >= 4 is 23.6 Å². The number of esters is 1. The summed E-state index contributed by atoms with van der Waals surface area (Å²) in [5.41, 5.74) is 2.24. The first-order valence-corrected chi connectivity index (χ1v) is 11.5. The molecule has 1 unspecified atom stereocenters. The molecule has 0 aromatic heterocycles. The van der Waals surface area contributed by atoms with Crippen LogP contribution in [0.2, 0.25) is 5.02 Å². The molecule has 2 N–H and O–H groups in total. The van der Waals surface area contributed by atoms with Crippen molar-refractivity contribution in [2.75, 3.05) is 7.11 Å². The minimum absolute atomic E-state index is 0.160.